The smallest absolute Gasteiger partial charge is 0.276 e. The summed E-state index contributed by atoms with van der Waals surface area (Å²) in [5, 5.41) is 14.1. The quantitative estimate of drug-likeness (QED) is 0.427. The molecule has 8 nitrogen and oxygen atoms in total. The fourth-order valence-corrected chi connectivity index (χ4v) is 2.05. The highest BCUT2D eigenvalue weighted by Gasteiger charge is 2.37. The Bertz CT molecular complexity index is 495. The number of hydrazine groups is 1. The van der Waals surface area contributed by atoms with Gasteiger partial charge in [0.1, 0.15) is 11.6 Å². The summed E-state index contributed by atoms with van der Waals surface area (Å²) < 4.78 is 5.51. The van der Waals surface area contributed by atoms with E-state index in [-0.39, 0.29) is 23.1 Å². The lowest BCUT2D eigenvalue weighted by atomic mass is 9.95. The normalized spacial score (nSPS) is 26.2. The number of aromatic nitrogens is 1. The first-order valence-electron chi connectivity index (χ1n) is 5.97. The summed E-state index contributed by atoms with van der Waals surface area (Å²) in [5.74, 6) is 5.92. The fourth-order valence-electron chi connectivity index (χ4n) is 2.05. The number of nitro groups is 1. The van der Waals surface area contributed by atoms with Gasteiger partial charge in [-0.25, -0.2) is 10.8 Å². The Morgan fingerprint density at radius 2 is 2.26 bits per heavy atom. The second-order valence-electron chi connectivity index (χ2n) is 4.80. The molecule has 1 aromatic heterocycles. The molecule has 1 aromatic rings. The SMILES string of the molecule is CC1OCCC1(C)Nc1cc([N+](=O)[O-])cc(NN)n1. The Labute approximate surface area is 110 Å². The van der Waals surface area contributed by atoms with E-state index in [9.17, 15) is 10.1 Å². The van der Waals surface area contributed by atoms with E-state index in [0.717, 1.165) is 6.42 Å². The summed E-state index contributed by atoms with van der Waals surface area (Å²) in [4.78, 5) is 14.5. The number of nitrogens with two attached hydrogens (primary N) is 1. The number of hydrogen-bond donors (Lipinski definition) is 3. The number of hydrogen-bond acceptors (Lipinski definition) is 7. The molecular weight excluding hydrogens is 250 g/mol. The van der Waals surface area contributed by atoms with Crippen LogP contribution in [0, 0.1) is 10.1 Å². The molecule has 4 N–H and O–H groups in total. The van der Waals surface area contributed by atoms with E-state index < -0.39 is 4.92 Å². The van der Waals surface area contributed by atoms with Crippen molar-refractivity contribution in [2.45, 2.75) is 31.9 Å². The van der Waals surface area contributed by atoms with Gasteiger partial charge in [0.05, 0.1) is 28.7 Å². The molecule has 0 radical (unpaired) electrons. The monoisotopic (exact) mass is 267 g/mol. The molecular formula is C11H17N5O3. The fraction of sp³-hybridized carbons (Fsp3) is 0.545. The molecule has 2 unspecified atom stereocenters. The molecule has 19 heavy (non-hydrogen) atoms. The third-order valence-corrected chi connectivity index (χ3v) is 3.47. The molecule has 1 fully saturated rings. The summed E-state index contributed by atoms with van der Waals surface area (Å²) in [6.45, 7) is 4.61. The molecule has 2 heterocycles. The van der Waals surface area contributed by atoms with Crippen LogP contribution in [0.2, 0.25) is 0 Å². The molecule has 1 saturated heterocycles. The third-order valence-electron chi connectivity index (χ3n) is 3.47. The van der Waals surface area contributed by atoms with E-state index in [1.807, 2.05) is 13.8 Å². The minimum atomic E-state index is -0.482. The van der Waals surface area contributed by atoms with E-state index in [1.54, 1.807) is 0 Å². The van der Waals surface area contributed by atoms with Gasteiger partial charge in [0.2, 0.25) is 0 Å². The number of pyridine rings is 1. The molecule has 8 heteroatoms. The molecule has 2 rings (SSSR count). The zero-order valence-corrected chi connectivity index (χ0v) is 10.8. The predicted molar refractivity (Wildman–Crippen MR) is 70.8 cm³/mol. The van der Waals surface area contributed by atoms with Gasteiger partial charge in [0.25, 0.3) is 5.69 Å². The summed E-state index contributed by atoms with van der Waals surface area (Å²) in [6.07, 6.45) is 0.812. The van der Waals surface area contributed by atoms with Gasteiger partial charge in [0, 0.05) is 6.61 Å². The molecule has 0 aromatic carbocycles. The van der Waals surface area contributed by atoms with Crippen LogP contribution in [-0.4, -0.2) is 28.2 Å². The van der Waals surface area contributed by atoms with Crippen molar-refractivity contribution in [2.24, 2.45) is 5.84 Å². The molecule has 1 aliphatic heterocycles. The molecule has 0 bridgehead atoms. The van der Waals surface area contributed by atoms with Gasteiger partial charge in [-0.2, -0.15) is 0 Å². The summed E-state index contributed by atoms with van der Waals surface area (Å²) in [6, 6.07) is 2.67. The Hall–Kier alpha value is -1.93. The zero-order chi connectivity index (χ0) is 14.0. The molecule has 0 aliphatic carbocycles. The lowest BCUT2D eigenvalue weighted by Crippen LogP contribution is -2.41. The van der Waals surface area contributed by atoms with Crippen LogP contribution >= 0.6 is 0 Å². The van der Waals surface area contributed by atoms with Crippen molar-refractivity contribution in [3.05, 3.63) is 22.2 Å². The highest BCUT2D eigenvalue weighted by Crippen LogP contribution is 2.30. The van der Waals surface area contributed by atoms with Gasteiger partial charge >= 0.3 is 0 Å². The van der Waals surface area contributed by atoms with Crippen LogP contribution in [0.5, 0.6) is 0 Å². The van der Waals surface area contributed by atoms with Crippen molar-refractivity contribution in [3.63, 3.8) is 0 Å². The maximum absolute atomic E-state index is 10.9. The second kappa shape index (κ2) is 4.98. The number of anilines is 2. The third kappa shape index (κ3) is 2.74. The van der Waals surface area contributed by atoms with Gasteiger partial charge in [-0.3, -0.25) is 10.1 Å². The van der Waals surface area contributed by atoms with Crippen molar-refractivity contribution in [1.82, 2.24) is 4.98 Å². The highest BCUT2D eigenvalue weighted by molar-refractivity contribution is 5.55. The molecule has 0 spiro atoms. The van der Waals surface area contributed by atoms with Crippen LogP contribution in [0.4, 0.5) is 17.3 Å². The van der Waals surface area contributed by atoms with Crippen LogP contribution in [0.3, 0.4) is 0 Å². The summed E-state index contributed by atoms with van der Waals surface area (Å²) >= 11 is 0. The Morgan fingerprint density at radius 1 is 1.58 bits per heavy atom. The Morgan fingerprint density at radius 3 is 2.79 bits per heavy atom. The number of ether oxygens (including phenoxy) is 1. The first-order chi connectivity index (χ1) is 8.94. The molecule has 2 atom stereocenters. The van der Waals surface area contributed by atoms with Crippen LogP contribution < -0.4 is 16.6 Å². The lowest BCUT2D eigenvalue weighted by Gasteiger charge is -2.29. The van der Waals surface area contributed by atoms with Crippen molar-refractivity contribution < 1.29 is 9.66 Å². The maximum Gasteiger partial charge on any atom is 0.276 e. The van der Waals surface area contributed by atoms with E-state index >= 15 is 0 Å². The molecule has 1 aliphatic rings. The Balaban J connectivity index is 2.29. The average molecular weight is 267 g/mol. The number of nitrogens with one attached hydrogen (secondary N) is 2. The molecule has 0 saturated carbocycles. The van der Waals surface area contributed by atoms with E-state index in [2.05, 4.69) is 15.7 Å². The van der Waals surface area contributed by atoms with Crippen LogP contribution in [0.15, 0.2) is 12.1 Å². The van der Waals surface area contributed by atoms with Gasteiger partial charge < -0.3 is 15.5 Å². The molecule has 0 amide bonds. The minimum absolute atomic E-state index is 0.00264. The summed E-state index contributed by atoms with van der Waals surface area (Å²) in [5.41, 5.74) is 1.96. The number of nitrogen functional groups attached to an aromatic ring is 1. The van der Waals surface area contributed by atoms with Crippen molar-refractivity contribution in [3.8, 4) is 0 Å². The number of nitrogens with zero attached hydrogens (tertiary/aromatic N) is 2. The summed E-state index contributed by atoms with van der Waals surface area (Å²) in [7, 11) is 0. The Kier molecular flexibility index (Phi) is 3.54. The minimum Gasteiger partial charge on any atom is -0.376 e. The van der Waals surface area contributed by atoms with Gasteiger partial charge in [-0.05, 0) is 20.3 Å². The van der Waals surface area contributed by atoms with Gasteiger partial charge in [-0.1, -0.05) is 0 Å². The van der Waals surface area contributed by atoms with Crippen LogP contribution in [0.1, 0.15) is 20.3 Å². The number of rotatable bonds is 4. The topological polar surface area (TPSA) is 115 Å². The van der Waals surface area contributed by atoms with Crippen molar-refractivity contribution >= 4 is 17.3 Å². The van der Waals surface area contributed by atoms with E-state index in [0.29, 0.717) is 12.4 Å². The average Bonchev–Trinajstić information content (AvgIpc) is 2.68. The first-order valence-corrected chi connectivity index (χ1v) is 5.97. The van der Waals surface area contributed by atoms with Gasteiger partial charge in [-0.15, -0.1) is 0 Å². The van der Waals surface area contributed by atoms with E-state index in [4.69, 9.17) is 10.6 Å². The molecule has 104 valence electrons. The van der Waals surface area contributed by atoms with Crippen LogP contribution in [0.25, 0.3) is 0 Å². The first kappa shape index (κ1) is 13.5. The zero-order valence-electron chi connectivity index (χ0n) is 10.8. The van der Waals surface area contributed by atoms with E-state index in [1.165, 1.54) is 12.1 Å². The highest BCUT2D eigenvalue weighted by atomic mass is 16.6. The van der Waals surface area contributed by atoms with Crippen LogP contribution in [-0.2, 0) is 4.74 Å². The van der Waals surface area contributed by atoms with Gasteiger partial charge in [0.15, 0.2) is 0 Å². The maximum atomic E-state index is 10.9. The van der Waals surface area contributed by atoms with Crippen molar-refractivity contribution in [2.75, 3.05) is 17.3 Å². The lowest BCUT2D eigenvalue weighted by molar-refractivity contribution is -0.384. The predicted octanol–water partition coefficient (Wildman–Crippen LogP) is 1.25. The standard InChI is InChI=1S/C11H17N5O3/c1-7-11(2,3-4-19-7)14-9-5-8(16(17)18)6-10(13-9)15-12/h5-7H,3-4,12H2,1-2H3,(H2,13,14,15). The second-order valence-corrected chi connectivity index (χ2v) is 4.80. The van der Waals surface area contributed by atoms with Crippen molar-refractivity contribution in [1.29, 1.82) is 0 Å². The largest absolute Gasteiger partial charge is 0.376 e.